The molecule has 1 fully saturated rings. The molecule has 2 rings (SSSR count). The summed E-state index contributed by atoms with van der Waals surface area (Å²) in [5.41, 5.74) is 1.23. The van der Waals surface area contributed by atoms with Crippen LogP contribution in [0.25, 0.3) is 0 Å². The Morgan fingerprint density at radius 3 is 2.90 bits per heavy atom. The number of hydrogen-bond acceptors (Lipinski definition) is 5. The van der Waals surface area contributed by atoms with Crippen LogP contribution in [0.1, 0.15) is 10.4 Å². The molecule has 1 aromatic carbocycles. The molecule has 1 aliphatic heterocycles. The summed E-state index contributed by atoms with van der Waals surface area (Å²) in [6, 6.07) is 7.09. The Kier molecular flexibility index (Phi) is 5.60. The van der Waals surface area contributed by atoms with E-state index in [1.54, 1.807) is 29.2 Å². The van der Waals surface area contributed by atoms with Gasteiger partial charge in [-0.1, -0.05) is 17.8 Å². The summed E-state index contributed by atoms with van der Waals surface area (Å²) < 4.78 is 5.25. The molecule has 0 radical (unpaired) electrons. The zero-order chi connectivity index (χ0) is 15.1. The van der Waals surface area contributed by atoms with Crippen LogP contribution in [-0.4, -0.2) is 48.5 Å². The number of hydrogen-bond donors (Lipinski definition) is 1. The number of amidine groups is 1. The predicted molar refractivity (Wildman–Crippen MR) is 82.5 cm³/mol. The molecule has 0 unspecified atom stereocenters. The van der Waals surface area contributed by atoms with Gasteiger partial charge in [-0.2, -0.15) is 5.26 Å². The van der Waals surface area contributed by atoms with Crippen LogP contribution in [0.4, 0.5) is 5.69 Å². The number of benzene rings is 1. The lowest BCUT2D eigenvalue weighted by molar-refractivity contribution is 0.0303. The molecular formula is C14H16N4O2S. The molecule has 110 valence electrons. The van der Waals surface area contributed by atoms with Gasteiger partial charge in [-0.15, -0.1) is 0 Å². The number of carbonyl (C=O) groups is 1. The van der Waals surface area contributed by atoms with Gasteiger partial charge in [-0.3, -0.25) is 10.1 Å². The SMILES string of the molecule is CSC(=Nc1cccc(C(=O)N2CCOCC2)c1)NC#N. The molecule has 21 heavy (non-hydrogen) atoms. The van der Waals surface area contributed by atoms with Gasteiger partial charge in [0.05, 0.1) is 18.9 Å². The van der Waals surface area contributed by atoms with Crippen molar-refractivity contribution in [2.75, 3.05) is 32.6 Å². The number of thioether (sulfide) groups is 1. The van der Waals surface area contributed by atoms with Gasteiger partial charge in [0, 0.05) is 18.7 Å². The maximum absolute atomic E-state index is 12.4. The van der Waals surface area contributed by atoms with Gasteiger partial charge < -0.3 is 9.64 Å². The van der Waals surface area contributed by atoms with Crippen molar-refractivity contribution in [3.05, 3.63) is 29.8 Å². The van der Waals surface area contributed by atoms with Crippen molar-refractivity contribution in [1.82, 2.24) is 10.2 Å². The summed E-state index contributed by atoms with van der Waals surface area (Å²) in [5, 5.41) is 11.6. The molecule has 0 atom stereocenters. The van der Waals surface area contributed by atoms with Crippen LogP contribution in [-0.2, 0) is 4.74 Å². The minimum absolute atomic E-state index is 0.0192. The zero-order valence-electron chi connectivity index (χ0n) is 11.7. The second-order valence-electron chi connectivity index (χ2n) is 4.31. The first-order chi connectivity index (χ1) is 10.2. The summed E-state index contributed by atoms with van der Waals surface area (Å²) in [5.74, 6) is -0.0192. The highest BCUT2D eigenvalue weighted by atomic mass is 32.2. The Morgan fingerprint density at radius 1 is 1.48 bits per heavy atom. The van der Waals surface area contributed by atoms with Gasteiger partial charge in [0.1, 0.15) is 0 Å². The molecule has 0 aliphatic carbocycles. The number of nitrogens with zero attached hydrogens (tertiary/aromatic N) is 3. The van der Waals surface area contributed by atoms with E-state index in [-0.39, 0.29) is 5.91 Å². The highest BCUT2D eigenvalue weighted by Crippen LogP contribution is 2.17. The molecular weight excluding hydrogens is 288 g/mol. The fraction of sp³-hybridized carbons (Fsp3) is 0.357. The van der Waals surface area contributed by atoms with Crippen LogP contribution in [0.2, 0.25) is 0 Å². The van der Waals surface area contributed by atoms with Crippen molar-refractivity contribution in [2.45, 2.75) is 0 Å². The second-order valence-corrected chi connectivity index (χ2v) is 5.11. The summed E-state index contributed by atoms with van der Waals surface area (Å²) in [6.45, 7) is 2.37. The third-order valence-electron chi connectivity index (χ3n) is 2.98. The van der Waals surface area contributed by atoms with Crippen LogP contribution in [0, 0.1) is 11.5 Å². The molecule has 1 N–H and O–H groups in total. The third kappa shape index (κ3) is 4.21. The summed E-state index contributed by atoms with van der Waals surface area (Å²) in [4.78, 5) is 18.5. The molecule has 7 heteroatoms. The van der Waals surface area contributed by atoms with Gasteiger partial charge in [-0.25, -0.2) is 4.99 Å². The highest BCUT2D eigenvalue weighted by molar-refractivity contribution is 8.13. The summed E-state index contributed by atoms with van der Waals surface area (Å²) in [7, 11) is 0. The average molecular weight is 304 g/mol. The van der Waals surface area contributed by atoms with Crippen LogP contribution < -0.4 is 5.32 Å². The lowest BCUT2D eigenvalue weighted by atomic mass is 10.1. The Bertz CT molecular complexity index is 577. The van der Waals surface area contributed by atoms with E-state index < -0.39 is 0 Å². The van der Waals surface area contributed by atoms with Gasteiger partial charge in [-0.05, 0) is 24.5 Å². The number of nitriles is 1. The normalized spacial score (nSPS) is 15.4. The summed E-state index contributed by atoms with van der Waals surface area (Å²) in [6.07, 6.45) is 3.66. The van der Waals surface area contributed by atoms with Crippen LogP contribution in [0.15, 0.2) is 29.3 Å². The third-order valence-corrected chi connectivity index (χ3v) is 3.56. The topological polar surface area (TPSA) is 77.7 Å². The lowest BCUT2D eigenvalue weighted by Gasteiger charge is -2.26. The van der Waals surface area contributed by atoms with Crippen LogP contribution in [0.3, 0.4) is 0 Å². The van der Waals surface area contributed by atoms with Gasteiger partial charge >= 0.3 is 0 Å². The van der Waals surface area contributed by atoms with Crippen molar-refractivity contribution < 1.29 is 9.53 Å². The van der Waals surface area contributed by atoms with E-state index in [1.165, 1.54) is 11.8 Å². The minimum atomic E-state index is -0.0192. The smallest absolute Gasteiger partial charge is 0.254 e. The average Bonchev–Trinajstić information content (AvgIpc) is 2.55. The van der Waals surface area contributed by atoms with E-state index >= 15 is 0 Å². The molecule has 0 spiro atoms. The second kappa shape index (κ2) is 7.67. The van der Waals surface area contributed by atoms with Crippen molar-refractivity contribution in [1.29, 1.82) is 5.26 Å². The Labute approximate surface area is 127 Å². The molecule has 0 bridgehead atoms. The molecule has 6 nitrogen and oxygen atoms in total. The highest BCUT2D eigenvalue weighted by Gasteiger charge is 2.18. The van der Waals surface area contributed by atoms with Crippen LogP contribution in [0.5, 0.6) is 0 Å². The lowest BCUT2D eigenvalue weighted by Crippen LogP contribution is -2.40. The minimum Gasteiger partial charge on any atom is -0.378 e. The van der Waals surface area contributed by atoms with Gasteiger partial charge in [0.15, 0.2) is 11.4 Å². The van der Waals surface area contributed by atoms with E-state index in [1.807, 2.05) is 12.4 Å². The molecule has 1 saturated heterocycles. The molecule has 1 aliphatic rings. The van der Waals surface area contributed by atoms with E-state index in [4.69, 9.17) is 10.00 Å². The Balaban J connectivity index is 2.17. The fourth-order valence-corrected chi connectivity index (χ4v) is 2.29. The number of morpholine rings is 1. The monoisotopic (exact) mass is 304 g/mol. The molecule has 1 heterocycles. The number of aliphatic imine (C=N–C) groups is 1. The molecule has 1 amide bonds. The van der Waals surface area contributed by atoms with Crippen molar-refractivity contribution >= 4 is 28.5 Å². The number of ether oxygens (including phenoxy) is 1. The number of rotatable bonds is 2. The first-order valence-corrected chi connectivity index (χ1v) is 7.72. The quantitative estimate of drug-likeness (QED) is 0.388. The first kappa shape index (κ1) is 15.4. The van der Waals surface area contributed by atoms with E-state index in [0.29, 0.717) is 42.7 Å². The van der Waals surface area contributed by atoms with Crippen molar-refractivity contribution in [2.24, 2.45) is 4.99 Å². The first-order valence-electron chi connectivity index (χ1n) is 6.49. The summed E-state index contributed by atoms with van der Waals surface area (Å²) >= 11 is 1.34. The number of nitrogens with one attached hydrogen (secondary N) is 1. The molecule has 0 aromatic heterocycles. The van der Waals surface area contributed by atoms with E-state index in [2.05, 4.69) is 10.3 Å². The molecule has 1 aromatic rings. The van der Waals surface area contributed by atoms with E-state index in [0.717, 1.165) is 0 Å². The van der Waals surface area contributed by atoms with E-state index in [9.17, 15) is 4.79 Å². The fourth-order valence-electron chi connectivity index (χ4n) is 1.95. The Morgan fingerprint density at radius 2 is 2.24 bits per heavy atom. The standard InChI is InChI=1S/C14H16N4O2S/c1-21-14(16-10-15)17-12-4-2-3-11(9-12)13(19)18-5-7-20-8-6-18/h2-4,9H,5-8H2,1H3,(H,16,17). The number of amides is 1. The zero-order valence-corrected chi connectivity index (χ0v) is 12.5. The van der Waals surface area contributed by atoms with Gasteiger partial charge in [0.2, 0.25) is 0 Å². The van der Waals surface area contributed by atoms with Crippen molar-refractivity contribution in [3.63, 3.8) is 0 Å². The maximum Gasteiger partial charge on any atom is 0.254 e. The molecule has 0 saturated carbocycles. The van der Waals surface area contributed by atoms with Gasteiger partial charge in [0.25, 0.3) is 5.91 Å². The van der Waals surface area contributed by atoms with Crippen LogP contribution >= 0.6 is 11.8 Å². The maximum atomic E-state index is 12.4. The largest absolute Gasteiger partial charge is 0.378 e. The van der Waals surface area contributed by atoms with Crippen molar-refractivity contribution in [3.8, 4) is 6.19 Å². The Hall–Kier alpha value is -2.04. The predicted octanol–water partition coefficient (Wildman–Crippen LogP) is 1.58. The number of carbonyl (C=O) groups excluding carboxylic acids is 1.